The van der Waals surface area contributed by atoms with Crippen molar-refractivity contribution in [3.63, 3.8) is 0 Å². The van der Waals surface area contributed by atoms with Crippen LogP contribution in [0.2, 0.25) is 0 Å². The third-order valence-corrected chi connectivity index (χ3v) is 9.65. The van der Waals surface area contributed by atoms with Crippen molar-refractivity contribution < 1.29 is 4.74 Å². The second kappa shape index (κ2) is 18.3. The molecule has 206 valence electrons. The molecule has 2 fully saturated rings. The average Bonchev–Trinajstić information content (AvgIpc) is 2.92. The molecule has 36 heavy (non-hydrogen) atoms. The van der Waals surface area contributed by atoms with Crippen molar-refractivity contribution in [2.24, 2.45) is 23.7 Å². The topological polar surface area (TPSA) is 9.23 Å². The number of benzene rings is 1. The van der Waals surface area contributed by atoms with E-state index in [9.17, 15) is 0 Å². The summed E-state index contributed by atoms with van der Waals surface area (Å²) in [6.45, 7) is 5.51. The highest BCUT2D eigenvalue weighted by Gasteiger charge is 2.21. The fourth-order valence-electron chi connectivity index (χ4n) is 7.02. The lowest BCUT2D eigenvalue weighted by atomic mass is 9.78. The van der Waals surface area contributed by atoms with Crippen molar-refractivity contribution in [3.8, 4) is 5.75 Å². The predicted molar refractivity (Wildman–Crippen MR) is 158 cm³/mol. The Morgan fingerprint density at radius 3 is 1.53 bits per heavy atom. The van der Waals surface area contributed by atoms with Gasteiger partial charge in [-0.25, -0.2) is 0 Å². The third kappa shape index (κ3) is 12.0. The molecule has 0 N–H and O–H groups in total. The third-order valence-electron chi connectivity index (χ3n) is 9.65. The van der Waals surface area contributed by atoms with Crippen molar-refractivity contribution in [3.05, 3.63) is 29.8 Å². The molecule has 1 aromatic rings. The van der Waals surface area contributed by atoms with Crippen molar-refractivity contribution in [1.29, 1.82) is 0 Å². The SMILES string of the molecule is CCCCCCCC1CCC(CCCOc2ccc(CCC3CCC(CCCCC)CC3)cc2)CC1. The second-order valence-corrected chi connectivity index (χ2v) is 12.6. The van der Waals surface area contributed by atoms with Gasteiger partial charge < -0.3 is 4.74 Å². The van der Waals surface area contributed by atoms with Crippen LogP contribution in [-0.4, -0.2) is 6.61 Å². The van der Waals surface area contributed by atoms with Gasteiger partial charge in [0, 0.05) is 0 Å². The molecule has 0 radical (unpaired) electrons. The van der Waals surface area contributed by atoms with E-state index in [1.807, 2.05) is 0 Å². The molecule has 0 amide bonds. The van der Waals surface area contributed by atoms with Crippen LogP contribution in [-0.2, 0) is 6.42 Å². The highest BCUT2D eigenvalue weighted by atomic mass is 16.5. The van der Waals surface area contributed by atoms with Crippen LogP contribution in [0.3, 0.4) is 0 Å². The van der Waals surface area contributed by atoms with Crippen LogP contribution in [0.5, 0.6) is 5.75 Å². The van der Waals surface area contributed by atoms with Gasteiger partial charge in [0.2, 0.25) is 0 Å². The van der Waals surface area contributed by atoms with E-state index >= 15 is 0 Å². The highest BCUT2D eigenvalue weighted by Crippen LogP contribution is 2.35. The molecule has 0 aliphatic heterocycles. The fraction of sp³-hybridized carbons (Fsp3) is 0.829. The minimum Gasteiger partial charge on any atom is -0.494 e. The lowest BCUT2D eigenvalue weighted by molar-refractivity contribution is 0.228. The van der Waals surface area contributed by atoms with Crippen LogP contribution in [0.1, 0.15) is 154 Å². The summed E-state index contributed by atoms with van der Waals surface area (Å²) in [6.07, 6.45) is 31.4. The van der Waals surface area contributed by atoms with Crippen molar-refractivity contribution in [2.75, 3.05) is 6.61 Å². The fourth-order valence-corrected chi connectivity index (χ4v) is 7.02. The van der Waals surface area contributed by atoms with Crippen molar-refractivity contribution in [1.82, 2.24) is 0 Å². The first-order valence-corrected chi connectivity index (χ1v) is 16.5. The Labute approximate surface area is 225 Å². The Morgan fingerprint density at radius 2 is 0.972 bits per heavy atom. The van der Waals surface area contributed by atoms with E-state index in [0.717, 1.165) is 36.0 Å². The predicted octanol–water partition coefficient (Wildman–Crippen LogP) is 11.3. The summed E-state index contributed by atoms with van der Waals surface area (Å²) in [5, 5.41) is 0. The first-order chi connectivity index (χ1) is 17.8. The first kappa shape index (κ1) is 29.6. The van der Waals surface area contributed by atoms with Crippen LogP contribution in [0.4, 0.5) is 0 Å². The van der Waals surface area contributed by atoms with E-state index in [4.69, 9.17) is 4.74 Å². The van der Waals surface area contributed by atoms with Crippen LogP contribution in [0, 0.1) is 23.7 Å². The lowest BCUT2D eigenvalue weighted by Crippen LogP contribution is -2.15. The minimum absolute atomic E-state index is 0.887. The molecule has 2 aliphatic rings. The highest BCUT2D eigenvalue weighted by molar-refractivity contribution is 5.27. The largest absolute Gasteiger partial charge is 0.494 e. The first-order valence-electron chi connectivity index (χ1n) is 16.5. The van der Waals surface area contributed by atoms with Crippen LogP contribution in [0.15, 0.2) is 24.3 Å². The van der Waals surface area contributed by atoms with E-state index in [1.165, 1.54) is 147 Å². The molecule has 0 heterocycles. The molecule has 0 saturated heterocycles. The van der Waals surface area contributed by atoms with Gasteiger partial charge in [0.05, 0.1) is 6.61 Å². The Bertz CT molecular complexity index is 633. The molecule has 0 unspecified atom stereocenters. The number of ether oxygens (including phenoxy) is 1. The summed E-state index contributed by atoms with van der Waals surface area (Å²) in [5.41, 5.74) is 1.49. The standard InChI is InChI=1S/C35H60O/c1-3-5-7-8-10-13-31-15-17-32(18-16-31)14-11-29-36-35-27-25-34(26-28-35)24-23-33-21-19-30(20-22-33)12-9-6-4-2/h25-28,30-33H,3-24,29H2,1-2H3. The smallest absolute Gasteiger partial charge is 0.119 e. The zero-order valence-electron chi connectivity index (χ0n) is 24.3. The molecule has 2 aliphatic carbocycles. The van der Waals surface area contributed by atoms with Gasteiger partial charge in [-0.15, -0.1) is 0 Å². The van der Waals surface area contributed by atoms with Crippen LogP contribution in [0.25, 0.3) is 0 Å². The van der Waals surface area contributed by atoms with Crippen LogP contribution < -0.4 is 4.74 Å². The maximum Gasteiger partial charge on any atom is 0.119 e. The average molecular weight is 497 g/mol. The molecule has 0 aromatic heterocycles. The zero-order chi connectivity index (χ0) is 25.3. The number of unbranched alkanes of at least 4 members (excludes halogenated alkanes) is 6. The van der Waals surface area contributed by atoms with E-state index < -0.39 is 0 Å². The number of hydrogen-bond donors (Lipinski definition) is 0. The molecule has 1 nitrogen and oxygen atoms in total. The maximum absolute atomic E-state index is 6.10. The summed E-state index contributed by atoms with van der Waals surface area (Å²) in [6, 6.07) is 9.06. The molecule has 0 spiro atoms. The van der Waals surface area contributed by atoms with E-state index in [2.05, 4.69) is 38.1 Å². The molecule has 0 bridgehead atoms. The quantitative estimate of drug-likeness (QED) is 0.184. The summed E-state index contributed by atoms with van der Waals surface area (Å²) in [5.74, 6) is 5.05. The second-order valence-electron chi connectivity index (χ2n) is 12.6. The van der Waals surface area contributed by atoms with Crippen molar-refractivity contribution in [2.45, 2.75) is 155 Å². The molecule has 2 saturated carbocycles. The van der Waals surface area contributed by atoms with E-state index in [-0.39, 0.29) is 0 Å². The van der Waals surface area contributed by atoms with Crippen LogP contribution >= 0.6 is 0 Å². The minimum atomic E-state index is 0.887. The summed E-state index contributed by atoms with van der Waals surface area (Å²) < 4.78 is 6.10. The van der Waals surface area contributed by atoms with E-state index in [1.54, 1.807) is 0 Å². The Kier molecular flexibility index (Phi) is 15.0. The van der Waals surface area contributed by atoms with Gasteiger partial charge in [0.25, 0.3) is 0 Å². The number of aryl methyl sites for hydroxylation is 1. The normalized spacial score (nSPS) is 24.6. The number of rotatable bonds is 18. The monoisotopic (exact) mass is 496 g/mol. The van der Waals surface area contributed by atoms with Gasteiger partial charge in [0.15, 0.2) is 0 Å². The zero-order valence-corrected chi connectivity index (χ0v) is 24.3. The molecule has 0 atom stereocenters. The molecular weight excluding hydrogens is 436 g/mol. The Balaban J connectivity index is 1.19. The summed E-state index contributed by atoms with van der Waals surface area (Å²) in [4.78, 5) is 0. The maximum atomic E-state index is 6.10. The van der Waals surface area contributed by atoms with Gasteiger partial charge in [-0.05, 0) is 67.1 Å². The molecule has 1 heteroatoms. The Morgan fingerprint density at radius 1 is 0.528 bits per heavy atom. The molecule has 1 aromatic carbocycles. The number of hydrogen-bond acceptors (Lipinski definition) is 1. The van der Waals surface area contributed by atoms with Gasteiger partial charge >= 0.3 is 0 Å². The molecular formula is C35H60O. The van der Waals surface area contributed by atoms with Gasteiger partial charge in [-0.3, -0.25) is 0 Å². The van der Waals surface area contributed by atoms with E-state index in [0.29, 0.717) is 0 Å². The lowest BCUT2D eigenvalue weighted by Gasteiger charge is -2.28. The summed E-state index contributed by atoms with van der Waals surface area (Å²) >= 11 is 0. The summed E-state index contributed by atoms with van der Waals surface area (Å²) in [7, 11) is 0. The van der Waals surface area contributed by atoms with Gasteiger partial charge in [-0.2, -0.15) is 0 Å². The Hall–Kier alpha value is -0.980. The molecule has 3 rings (SSSR count). The van der Waals surface area contributed by atoms with Gasteiger partial charge in [-0.1, -0.05) is 142 Å². The van der Waals surface area contributed by atoms with Gasteiger partial charge in [0.1, 0.15) is 5.75 Å². The van der Waals surface area contributed by atoms with Crippen molar-refractivity contribution >= 4 is 0 Å².